The Morgan fingerprint density at radius 1 is 1.25 bits per heavy atom. The molecule has 0 radical (unpaired) electrons. The van der Waals surface area contributed by atoms with Crippen LogP contribution in [0.4, 0.5) is 0 Å². The van der Waals surface area contributed by atoms with Crippen molar-refractivity contribution in [3.05, 3.63) is 0 Å². The van der Waals surface area contributed by atoms with Crippen LogP contribution in [0, 0.1) is 5.41 Å². The molecule has 2 aliphatic heterocycles. The molecule has 2 unspecified atom stereocenters. The van der Waals surface area contributed by atoms with E-state index in [4.69, 9.17) is 0 Å². The third kappa shape index (κ3) is 2.96. The summed E-state index contributed by atoms with van der Waals surface area (Å²) in [6.45, 7) is 8.71. The zero-order valence-corrected chi connectivity index (χ0v) is 12.7. The fraction of sp³-hybridized carbons (Fsp3) is 0.857. The van der Waals surface area contributed by atoms with Gasteiger partial charge in [0.2, 0.25) is 11.8 Å². The molecule has 0 aliphatic carbocycles. The second-order valence-corrected chi connectivity index (χ2v) is 6.11. The van der Waals surface area contributed by atoms with E-state index in [9.17, 15) is 9.59 Å². The molecule has 2 aliphatic rings. The second kappa shape index (κ2) is 6.10. The highest BCUT2D eigenvalue weighted by molar-refractivity contribution is 5.84. The summed E-state index contributed by atoms with van der Waals surface area (Å²) in [6, 6.07) is -0.139. The van der Waals surface area contributed by atoms with Crippen molar-refractivity contribution in [1.82, 2.24) is 20.4 Å². The van der Waals surface area contributed by atoms with Gasteiger partial charge in [0.15, 0.2) is 0 Å². The van der Waals surface area contributed by atoms with Crippen molar-refractivity contribution in [3.8, 4) is 0 Å². The molecule has 0 aromatic rings. The number of likely N-dealkylation sites (tertiary alicyclic amines) is 1. The summed E-state index contributed by atoms with van der Waals surface area (Å²) in [6.07, 6.45) is 0.811. The zero-order valence-electron chi connectivity index (χ0n) is 12.7. The third-order valence-electron chi connectivity index (χ3n) is 4.61. The maximum absolute atomic E-state index is 12.5. The average molecular weight is 282 g/mol. The van der Waals surface area contributed by atoms with Crippen LogP contribution >= 0.6 is 0 Å². The lowest BCUT2D eigenvalue weighted by molar-refractivity contribution is -0.137. The number of piperazine rings is 1. The first-order valence-electron chi connectivity index (χ1n) is 7.44. The molecule has 0 saturated carbocycles. The standard InChI is InChI=1S/C14H26N4O2/c1-11(12(19)17-8-5-16-6-9-17)18-7-4-14(2,10-18)13(20)15-3/h11,16H,4-10H2,1-3H3,(H,15,20). The normalized spacial score (nSPS) is 29.2. The predicted molar refractivity (Wildman–Crippen MR) is 77.3 cm³/mol. The first-order valence-corrected chi connectivity index (χ1v) is 7.44. The maximum Gasteiger partial charge on any atom is 0.239 e. The average Bonchev–Trinajstić information content (AvgIpc) is 2.89. The minimum absolute atomic E-state index is 0.0711. The van der Waals surface area contributed by atoms with E-state index < -0.39 is 0 Å². The van der Waals surface area contributed by atoms with Crippen molar-refractivity contribution in [2.75, 3.05) is 46.3 Å². The van der Waals surface area contributed by atoms with Crippen LogP contribution in [0.25, 0.3) is 0 Å². The van der Waals surface area contributed by atoms with Crippen molar-refractivity contribution >= 4 is 11.8 Å². The Hall–Kier alpha value is -1.14. The number of carbonyl (C=O) groups excluding carboxylic acids is 2. The largest absolute Gasteiger partial charge is 0.359 e. The molecule has 6 nitrogen and oxygen atoms in total. The maximum atomic E-state index is 12.5. The van der Waals surface area contributed by atoms with Gasteiger partial charge < -0.3 is 15.5 Å². The minimum atomic E-state index is -0.368. The highest BCUT2D eigenvalue weighted by Gasteiger charge is 2.42. The van der Waals surface area contributed by atoms with E-state index in [0.717, 1.165) is 39.1 Å². The Bertz CT molecular complexity index is 381. The highest BCUT2D eigenvalue weighted by atomic mass is 16.2. The highest BCUT2D eigenvalue weighted by Crippen LogP contribution is 2.31. The number of hydrogen-bond donors (Lipinski definition) is 2. The molecule has 2 N–H and O–H groups in total. The van der Waals surface area contributed by atoms with Crippen molar-refractivity contribution < 1.29 is 9.59 Å². The number of carbonyl (C=O) groups is 2. The van der Waals surface area contributed by atoms with Gasteiger partial charge in [0.05, 0.1) is 11.5 Å². The van der Waals surface area contributed by atoms with Crippen molar-refractivity contribution in [2.45, 2.75) is 26.3 Å². The van der Waals surface area contributed by atoms with Crippen LogP contribution in [-0.2, 0) is 9.59 Å². The molecular weight excluding hydrogens is 256 g/mol. The SMILES string of the molecule is CNC(=O)C1(C)CCN(C(C)C(=O)N2CCNCC2)C1. The molecule has 2 heterocycles. The summed E-state index contributed by atoms with van der Waals surface area (Å²) in [5.41, 5.74) is -0.368. The van der Waals surface area contributed by atoms with Crippen LogP contribution < -0.4 is 10.6 Å². The number of hydrogen-bond acceptors (Lipinski definition) is 4. The Kier molecular flexibility index (Phi) is 4.65. The minimum Gasteiger partial charge on any atom is -0.359 e. The second-order valence-electron chi connectivity index (χ2n) is 6.11. The number of nitrogens with zero attached hydrogens (tertiary/aromatic N) is 2. The molecule has 0 spiro atoms. The monoisotopic (exact) mass is 282 g/mol. The summed E-state index contributed by atoms with van der Waals surface area (Å²) in [7, 11) is 1.67. The molecule has 114 valence electrons. The van der Waals surface area contributed by atoms with Gasteiger partial charge in [0, 0.05) is 46.3 Å². The topological polar surface area (TPSA) is 64.7 Å². The molecule has 2 amide bonds. The fourth-order valence-corrected chi connectivity index (χ4v) is 3.12. The summed E-state index contributed by atoms with van der Waals surface area (Å²) >= 11 is 0. The van der Waals surface area contributed by atoms with Gasteiger partial charge in [-0.05, 0) is 20.3 Å². The van der Waals surface area contributed by atoms with Gasteiger partial charge in [-0.15, -0.1) is 0 Å². The Balaban J connectivity index is 1.95. The van der Waals surface area contributed by atoms with Gasteiger partial charge in [-0.3, -0.25) is 14.5 Å². The van der Waals surface area contributed by atoms with E-state index in [1.54, 1.807) is 7.05 Å². The molecule has 6 heteroatoms. The van der Waals surface area contributed by atoms with Gasteiger partial charge in [-0.2, -0.15) is 0 Å². The van der Waals surface area contributed by atoms with Gasteiger partial charge in [-0.1, -0.05) is 0 Å². The Morgan fingerprint density at radius 3 is 2.50 bits per heavy atom. The van der Waals surface area contributed by atoms with E-state index in [1.165, 1.54) is 0 Å². The van der Waals surface area contributed by atoms with Gasteiger partial charge in [0.1, 0.15) is 0 Å². The first-order chi connectivity index (χ1) is 9.48. The summed E-state index contributed by atoms with van der Waals surface area (Å²) in [5, 5.41) is 5.98. The lowest BCUT2D eigenvalue weighted by Crippen LogP contribution is -2.53. The Labute approximate surface area is 120 Å². The molecule has 2 atom stereocenters. The first kappa shape index (κ1) is 15.3. The van der Waals surface area contributed by atoms with Gasteiger partial charge in [0.25, 0.3) is 0 Å². The molecule has 20 heavy (non-hydrogen) atoms. The third-order valence-corrected chi connectivity index (χ3v) is 4.61. The van der Waals surface area contributed by atoms with E-state index in [0.29, 0.717) is 6.54 Å². The van der Waals surface area contributed by atoms with Crippen LogP contribution in [0.15, 0.2) is 0 Å². The van der Waals surface area contributed by atoms with E-state index in [-0.39, 0.29) is 23.3 Å². The zero-order chi connectivity index (χ0) is 14.8. The van der Waals surface area contributed by atoms with E-state index >= 15 is 0 Å². The molecule has 0 aromatic heterocycles. The van der Waals surface area contributed by atoms with E-state index in [1.807, 2.05) is 18.7 Å². The van der Waals surface area contributed by atoms with Crippen LogP contribution in [0.3, 0.4) is 0 Å². The van der Waals surface area contributed by atoms with Crippen molar-refractivity contribution in [2.24, 2.45) is 5.41 Å². The molecule has 0 aromatic carbocycles. The summed E-state index contributed by atoms with van der Waals surface area (Å²) in [5.74, 6) is 0.259. The number of nitrogens with one attached hydrogen (secondary N) is 2. The van der Waals surface area contributed by atoms with Crippen LogP contribution in [-0.4, -0.2) is 74.0 Å². The molecule has 2 rings (SSSR count). The van der Waals surface area contributed by atoms with Crippen LogP contribution in [0.1, 0.15) is 20.3 Å². The van der Waals surface area contributed by atoms with Crippen LogP contribution in [0.2, 0.25) is 0 Å². The molecule has 2 saturated heterocycles. The molecule has 0 bridgehead atoms. The Morgan fingerprint density at radius 2 is 1.90 bits per heavy atom. The van der Waals surface area contributed by atoms with Gasteiger partial charge >= 0.3 is 0 Å². The molecule has 2 fully saturated rings. The van der Waals surface area contributed by atoms with E-state index in [2.05, 4.69) is 15.5 Å². The number of rotatable bonds is 3. The quantitative estimate of drug-likeness (QED) is 0.716. The predicted octanol–water partition coefficient (Wildman–Crippen LogP) is -0.735. The van der Waals surface area contributed by atoms with Gasteiger partial charge in [-0.25, -0.2) is 0 Å². The van der Waals surface area contributed by atoms with Crippen LogP contribution in [0.5, 0.6) is 0 Å². The van der Waals surface area contributed by atoms with Crippen molar-refractivity contribution in [3.63, 3.8) is 0 Å². The summed E-state index contributed by atoms with van der Waals surface area (Å²) in [4.78, 5) is 28.5. The fourth-order valence-electron chi connectivity index (χ4n) is 3.12. The molecular formula is C14H26N4O2. The van der Waals surface area contributed by atoms with Crippen molar-refractivity contribution in [1.29, 1.82) is 0 Å². The lowest BCUT2D eigenvalue weighted by Gasteiger charge is -2.33. The lowest BCUT2D eigenvalue weighted by atomic mass is 9.89. The summed E-state index contributed by atoms with van der Waals surface area (Å²) < 4.78 is 0. The number of amides is 2. The smallest absolute Gasteiger partial charge is 0.239 e.